The first kappa shape index (κ1) is 23.4. The van der Waals surface area contributed by atoms with Crippen molar-refractivity contribution >= 4 is 16.6 Å². The monoisotopic (exact) mass is 460 g/mol. The molecular weight excluding hydrogens is 442 g/mol. The van der Waals surface area contributed by atoms with Gasteiger partial charge in [0.1, 0.15) is 16.9 Å². The minimum atomic E-state index is -5.31. The van der Waals surface area contributed by atoms with Crippen LogP contribution in [0.5, 0.6) is 11.5 Å². The van der Waals surface area contributed by atoms with Crippen molar-refractivity contribution in [3.8, 4) is 11.5 Å². The molecule has 3 rings (SSSR count). The summed E-state index contributed by atoms with van der Waals surface area (Å²) in [4.78, 5) is 12.6. The van der Waals surface area contributed by atoms with Crippen LogP contribution in [0.1, 0.15) is 42.9 Å². The maximum absolute atomic E-state index is 13.5. The largest absolute Gasteiger partial charge is 0.456 e. The van der Waals surface area contributed by atoms with Crippen LogP contribution in [0.4, 0.5) is 32.0 Å². The summed E-state index contributed by atoms with van der Waals surface area (Å²) < 4.78 is 86.3. The van der Waals surface area contributed by atoms with E-state index in [1.807, 2.05) is 6.92 Å². The highest BCUT2D eigenvalue weighted by Gasteiger charge is 2.44. The Kier molecular flexibility index (Phi) is 6.38. The molecule has 0 aliphatic rings. The lowest BCUT2D eigenvalue weighted by Gasteiger charge is -2.19. The predicted octanol–water partition coefficient (Wildman–Crippen LogP) is 7.64. The molecule has 11 heteroatoms. The molecule has 0 spiro atoms. The molecule has 32 heavy (non-hydrogen) atoms. The second kappa shape index (κ2) is 8.71. The summed E-state index contributed by atoms with van der Waals surface area (Å²) in [6.45, 7) is 2.03. The molecule has 172 valence electrons. The SMILES string of the molecule is CCCCCc1c[nH]c2ccc(Oc3c(C(F)(F)F)cc([N+](=O)[O-])cc3C(F)(F)F)cc12. The van der Waals surface area contributed by atoms with Gasteiger partial charge in [-0.05, 0) is 36.6 Å². The van der Waals surface area contributed by atoms with Crippen molar-refractivity contribution < 1.29 is 36.0 Å². The predicted molar refractivity (Wildman–Crippen MR) is 105 cm³/mol. The normalized spacial score (nSPS) is 12.3. The number of H-pyrrole nitrogens is 1. The smallest absolute Gasteiger partial charge is 0.420 e. The highest BCUT2D eigenvalue weighted by molar-refractivity contribution is 5.84. The zero-order valence-corrected chi connectivity index (χ0v) is 16.7. The summed E-state index contributed by atoms with van der Waals surface area (Å²) >= 11 is 0. The molecule has 3 aromatic rings. The van der Waals surface area contributed by atoms with Gasteiger partial charge < -0.3 is 9.72 Å². The van der Waals surface area contributed by atoms with Crippen molar-refractivity contribution in [3.05, 3.63) is 63.3 Å². The van der Waals surface area contributed by atoms with Crippen molar-refractivity contribution in [2.45, 2.75) is 45.0 Å². The molecular formula is C21H18F6N2O3. The lowest BCUT2D eigenvalue weighted by atomic mass is 10.1. The number of nitro benzene ring substituents is 1. The Morgan fingerprint density at radius 3 is 2.16 bits per heavy atom. The van der Waals surface area contributed by atoms with Gasteiger partial charge in [0.2, 0.25) is 0 Å². The summed E-state index contributed by atoms with van der Waals surface area (Å²) in [5, 5.41) is 11.5. The molecule has 5 nitrogen and oxygen atoms in total. The third-order valence-electron chi connectivity index (χ3n) is 4.90. The Labute approximate surface area is 178 Å². The Hall–Kier alpha value is -3.24. The number of non-ortho nitro benzene ring substituents is 1. The van der Waals surface area contributed by atoms with Gasteiger partial charge in [-0.2, -0.15) is 26.3 Å². The van der Waals surface area contributed by atoms with Crippen LogP contribution in [-0.4, -0.2) is 9.91 Å². The van der Waals surface area contributed by atoms with E-state index in [0.29, 0.717) is 17.3 Å². The Morgan fingerprint density at radius 1 is 1.00 bits per heavy atom. The van der Waals surface area contributed by atoms with E-state index in [1.54, 1.807) is 6.20 Å². The van der Waals surface area contributed by atoms with Gasteiger partial charge in [0.15, 0.2) is 5.75 Å². The van der Waals surface area contributed by atoms with Crippen molar-refractivity contribution in [2.24, 2.45) is 0 Å². The lowest BCUT2D eigenvalue weighted by Crippen LogP contribution is -2.15. The second-order valence-corrected chi connectivity index (χ2v) is 7.20. The van der Waals surface area contributed by atoms with Crippen LogP contribution in [-0.2, 0) is 18.8 Å². The summed E-state index contributed by atoms with van der Waals surface area (Å²) in [5.74, 6) is -1.78. The van der Waals surface area contributed by atoms with Gasteiger partial charge in [0, 0.05) is 29.2 Å². The standard InChI is InChI=1S/C21H18F6N2O3/c1-2-3-4-5-12-11-28-18-7-6-14(10-15(12)18)32-19-16(20(22,23)24)8-13(29(30)31)9-17(19)21(25,26)27/h6-11,28H,2-5H2,1H3. The number of aryl methyl sites for hydroxylation is 1. The topological polar surface area (TPSA) is 68.2 Å². The molecule has 0 radical (unpaired) electrons. The van der Waals surface area contributed by atoms with Crippen LogP contribution < -0.4 is 4.74 Å². The molecule has 0 saturated heterocycles. The summed E-state index contributed by atoms with van der Waals surface area (Å²) in [6, 6.07) is 4.15. The summed E-state index contributed by atoms with van der Waals surface area (Å²) in [5.41, 5.74) is -3.58. The van der Waals surface area contributed by atoms with E-state index >= 15 is 0 Å². The molecule has 1 N–H and O–H groups in total. The van der Waals surface area contributed by atoms with Gasteiger partial charge in [-0.15, -0.1) is 0 Å². The number of nitro groups is 1. The van der Waals surface area contributed by atoms with E-state index < -0.39 is 39.8 Å². The summed E-state index contributed by atoms with van der Waals surface area (Å²) in [6.07, 6.45) is -5.40. The van der Waals surface area contributed by atoms with Crippen LogP contribution in [0.15, 0.2) is 36.5 Å². The van der Waals surface area contributed by atoms with Gasteiger partial charge in [-0.25, -0.2) is 0 Å². The summed E-state index contributed by atoms with van der Waals surface area (Å²) in [7, 11) is 0. The average molecular weight is 460 g/mol. The third kappa shape index (κ3) is 4.97. The first-order valence-electron chi connectivity index (χ1n) is 9.66. The zero-order valence-electron chi connectivity index (χ0n) is 16.7. The number of hydrogen-bond donors (Lipinski definition) is 1. The molecule has 2 aromatic carbocycles. The van der Waals surface area contributed by atoms with E-state index in [1.165, 1.54) is 18.2 Å². The molecule has 0 unspecified atom stereocenters. The second-order valence-electron chi connectivity index (χ2n) is 7.20. The number of nitrogens with one attached hydrogen (secondary N) is 1. The molecule has 0 aliphatic carbocycles. The molecule has 0 saturated carbocycles. The fraction of sp³-hybridized carbons (Fsp3) is 0.333. The van der Waals surface area contributed by atoms with Gasteiger partial charge in [-0.3, -0.25) is 10.1 Å². The van der Waals surface area contributed by atoms with Crippen molar-refractivity contribution in [3.63, 3.8) is 0 Å². The van der Waals surface area contributed by atoms with Crippen molar-refractivity contribution in [2.75, 3.05) is 0 Å². The van der Waals surface area contributed by atoms with Crippen LogP contribution in [0, 0.1) is 10.1 Å². The maximum Gasteiger partial charge on any atom is 0.420 e. The van der Waals surface area contributed by atoms with Gasteiger partial charge >= 0.3 is 12.4 Å². The minimum Gasteiger partial charge on any atom is -0.456 e. The lowest BCUT2D eigenvalue weighted by molar-refractivity contribution is -0.385. The van der Waals surface area contributed by atoms with Gasteiger partial charge in [0.25, 0.3) is 5.69 Å². The molecule has 0 fully saturated rings. The number of rotatable bonds is 7. The van der Waals surface area contributed by atoms with E-state index in [4.69, 9.17) is 4.74 Å². The zero-order chi connectivity index (χ0) is 23.7. The number of aromatic nitrogens is 1. The molecule has 1 heterocycles. The molecule has 0 amide bonds. The van der Waals surface area contributed by atoms with Crippen molar-refractivity contribution in [1.82, 2.24) is 4.98 Å². The highest BCUT2D eigenvalue weighted by atomic mass is 19.4. The number of nitrogens with zero attached hydrogens (tertiary/aromatic N) is 1. The molecule has 0 bridgehead atoms. The first-order chi connectivity index (χ1) is 14.9. The number of ether oxygens (including phenoxy) is 1. The van der Waals surface area contributed by atoms with E-state index in [2.05, 4.69) is 4.98 Å². The fourth-order valence-corrected chi connectivity index (χ4v) is 3.36. The molecule has 0 aliphatic heterocycles. The van der Waals surface area contributed by atoms with Gasteiger partial charge in [0.05, 0.1) is 4.92 Å². The molecule has 1 aromatic heterocycles. The van der Waals surface area contributed by atoms with E-state index in [-0.39, 0.29) is 17.9 Å². The number of benzene rings is 2. The maximum atomic E-state index is 13.5. The average Bonchev–Trinajstić information content (AvgIpc) is 3.08. The van der Waals surface area contributed by atoms with Crippen LogP contribution >= 0.6 is 0 Å². The van der Waals surface area contributed by atoms with Crippen LogP contribution in [0.25, 0.3) is 10.9 Å². The minimum absolute atomic E-state index is 0.0373. The van der Waals surface area contributed by atoms with Crippen molar-refractivity contribution in [1.29, 1.82) is 0 Å². The quantitative estimate of drug-likeness (QED) is 0.171. The Bertz CT molecular complexity index is 1100. The van der Waals surface area contributed by atoms with Crippen LogP contribution in [0.3, 0.4) is 0 Å². The number of halogens is 6. The van der Waals surface area contributed by atoms with E-state index in [0.717, 1.165) is 24.8 Å². The first-order valence-corrected chi connectivity index (χ1v) is 9.66. The Balaban J connectivity index is 2.12. The fourth-order valence-electron chi connectivity index (χ4n) is 3.36. The highest BCUT2D eigenvalue weighted by Crippen LogP contribution is 2.48. The van der Waals surface area contributed by atoms with E-state index in [9.17, 15) is 36.5 Å². The number of unbranched alkanes of at least 4 members (excludes halogenated alkanes) is 2. The molecule has 0 atom stereocenters. The third-order valence-corrected chi connectivity index (χ3v) is 4.90. The van der Waals surface area contributed by atoms with Crippen LogP contribution in [0.2, 0.25) is 0 Å². The number of alkyl halides is 6. The number of aromatic amines is 1. The number of fused-ring (bicyclic) bond motifs is 1. The van der Waals surface area contributed by atoms with Gasteiger partial charge in [-0.1, -0.05) is 19.8 Å². The Morgan fingerprint density at radius 2 is 1.62 bits per heavy atom. The number of hydrogen-bond acceptors (Lipinski definition) is 3.